The van der Waals surface area contributed by atoms with Crippen molar-refractivity contribution in [1.82, 2.24) is 0 Å². The molecule has 24 heavy (non-hydrogen) atoms. The lowest BCUT2D eigenvalue weighted by Crippen LogP contribution is -2.50. The molecule has 0 aliphatic heterocycles. The summed E-state index contributed by atoms with van der Waals surface area (Å²) in [6.07, 6.45) is 0.946. The lowest BCUT2D eigenvalue weighted by molar-refractivity contribution is -0.166. The molecule has 2 N–H and O–H groups in total. The molecule has 2 aromatic rings. The fourth-order valence-corrected chi connectivity index (χ4v) is 2.51. The Labute approximate surface area is 153 Å². The molecule has 1 unspecified atom stereocenters. The maximum absolute atomic E-state index is 11.7. The van der Waals surface area contributed by atoms with Crippen LogP contribution in [-0.4, -0.2) is 25.9 Å². The number of nitrogens with two attached hydrogens (primary N) is 1. The van der Waals surface area contributed by atoms with E-state index in [4.69, 9.17) is 22.1 Å². The fraction of sp³-hybridized carbons (Fsp3) is 0.278. The minimum Gasteiger partial charge on any atom is -0.466 e. The molecule has 0 fully saturated rings. The van der Waals surface area contributed by atoms with E-state index in [9.17, 15) is 4.79 Å². The molecule has 130 valence electrons. The van der Waals surface area contributed by atoms with E-state index in [1.54, 1.807) is 0 Å². The molecule has 1 atom stereocenters. The van der Waals surface area contributed by atoms with Gasteiger partial charge in [-0.25, -0.2) is 4.79 Å². The predicted octanol–water partition coefficient (Wildman–Crippen LogP) is 3.84. The van der Waals surface area contributed by atoms with Crippen LogP contribution < -0.4 is 5.73 Å². The molecule has 0 heterocycles. The first-order chi connectivity index (χ1) is 11.0. The van der Waals surface area contributed by atoms with Crippen molar-refractivity contribution in [3.63, 3.8) is 0 Å². The van der Waals surface area contributed by atoms with Crippen molar-refractivity contribution in [3.05, 3.63) is 59.1 Å². The predicted molar refractivity (Wildman–Crippen MR) is 98.4 cm³/mol. The standard InChI is InChI=1S/C18H20ClNO3.ClH/c1-22-17(21)18(20,23-2)11-10-13-6-8-14(9-7-13)15-4-3-5-16(19)12-15;/h3-9,12H,10-11,20H2,1-2H3;1H. The van der Waals surface area contributed by atoms with Crippen LogP contribution in [0.1, 0.15) is 12.0 Å². The third-order valence-electron chi connectivity index (χ3n) is 3.79. The minimum atomic E-state index is -1.42. The van der Waals surface area contributed by atoms with Gasteiger partial charge in [0.25, 0.3) is 0 Å². The lowest BCUT2D eigenvalue weighted by atomic mass is 9.99. The summed E-state index contributed by atoms with van der Waals surface area (Å²) in [6.45, 7) is 0. The number of carbonyl (C=O) groups is 1. The second kappa shape index (κ2) is 9.04. The molecule has 0 aromatic heterocycles. The first-order valence-electron chi connectivity index (χ1n) is 7.26. The van der Waals surface area contributed by atoms with Crippen LogP contribution in [0.2, 0.25) is 5.02 Å². The van der Waals surface area contributed by atoms with E-state index in [2.05, 4.69) is 4.74 Å². The van der Waals surface area contributed by atoms with E-state index in [0.717, 1.165) is 16.7 Å². The zero-order valence-electron chi connectivity index (χ0n) is 13.6. The molecular weight excluding hydrogens is 349 g/mol. The van der Waals surface area contributed by atoms with Gasteiger partial charge < -0.3 is 9.47 Å². The van der Waals surface area contributed by atoms with E-state index in [0.29, 0.717) is 17.9 Å². The number of halogens is 2. The molecule has 0 saturated carbocycles. The molecule has 4 nitrogen and oxygen atoms in total. The van der Waals surface area contributed by atoms with Crippen LogP contribution in [0.25, 0.3) is 11.1 Å². The van der Waals surface area contributed by atoms with E-state index >= 15 is 0 Å². The molecule has 6 heteroatoms. The summed E-state index contributed by atoms with van der Waals surface area (Å²) in [4.78, 5) is 11.7. The number of ether oxygens (including phenoxy) is 2. The highest BCUT2D eigenvalue weighted by atomic mass is 35.5. The highest BCUT2D eigenvalue weighted by Crippen LogP contribution is 2.24. The highest BCUT2D eigenvalue weighted by molar-refractivity contribution is 6.30. The van der Waals surface area contributed by atoms with Crippen LogP contribution in [0.15, 0.2) is 48.5 Å². The first kappa shape index (κ1) is 20.5. The summed E-state index contributed by atoms with van der Waals surface area (Å²) >= 11 is 6.01. The smallest absolute Gasteiger partial charge is 0.353 e. The number of benzene rings is 2. The average molecular weight is 370 g/mol. The second-order valence-electron chi connectivity index (χ2n) is 5.29. The number of rotatable bonds is 6. The van der Waals surface area contributed by atoms with Gasteiger partial charge in [0.05, 0.1) is 7.11 Å². The second-order valence-corrected chi connectivity index (χ2v) is 5.73. The van der Waals surface area contributed by atoms with Crippen LogP contribution in [0.5, 0.6) is 0 Å². The van der Waals surface area contributed by atoms with Gasteiger partial charge >= 0.3 is 5.97 Å². The molecule has 0 aliphatic rings. The third kappa shape index (κ3) is 4.95. The summed E-state index contributed by atoms with van der Waals surface area (Å²) in [5.74, 6) is -0.574. The largest absolute Gasteiger partial charge is 0.466 e. The Morgan fingerprint density at radius 2 is 1.79 bits per heavy atom. The number of aryl methyl sites for hydroxylation is 1. The van der Waals surface area contributed by atoms with E-state index in [1.807, 2.05) is 48.5 Å². The SMILES string of the molecule is COC(=O)C(N)(CCc1ccc(-c2cccc(Cl)c2)cc1)OC.Cl. The van der Waals surface area contributed by atoms with Gasteiger partial charge in [-0.3, -0.25) is 5.73 Å². The van der Waals surface area contributed by atoms with Gasteiger partial charge in [0.15, 0.2) is 0 Å². The van der Waals surface area contributed by atoms with Crippen LogP contribution in [0.3, 0.4) is 0 Å². The Kier molecular flexibility index (Phi) is 7.70. The number of hydrogen-bond donors (Lipinski definition) is 1. The van der Waals surface area contributed by atoms with Crippen LogP contribution >= 0.6 is 24.0 Å². The maximum Gasteiger partial charge on any atom is 0.353 e. The number of methoxy groups -OCH3 is 2. The van der Waals surface area contributed by atoms with E-state index in [-0.39, 0.29) is 12.4 Å². The van der Waals surface area contributed by atoms with Gasteiger partial charge in [-0.2, -0.15) is 0 Å². The summed E-state index contributed by atoms with van der Waals surface area (Å²) in [6, 6.07) is 15.7. The quantitative estimate of drug-likeness (QED) is 0.620. The summed E-state index contributed by atoms with van der Waals surface area (Å²) in [5, 5.41) is 0.706. The van der Waals surface area contributed by atoms with Crippen molar-refractivity contribution in [2.24, 2.45) is 5.73 Å². The summed E-state index contributed by atoms with van der Waals surface area (Å²) < 4.78 is 9.79. The van der Waals surface area contributed by atoms with Gasteiger partial charge in [0, 0.05) is 18.6 Å². The monoisotopic (exact) mass is 369 g/mol. The molecule has 0 saturated heterocycles. The zero-order valence-corrected chi connectivity index (χ0v) is 15.2. The first-order valence-corrected chi connectivity index (χ1v) is 7.63. The van der Waals surface area contributed by atoms with Crippen molar-refractivity contribution in [2.75, 3.05) is 14.2 Å². The zero-order chi connectivity index (χ0) is 16.9. The molecule has 0 bridgehead atoms. The van der Waals surface area contributed by atoms with E-state index in [1.165, 1.54) is 14.2 Å². The van der Waals surface area contributed by atoms with Gasteiger partial charge in [-0.05, 0) is 35.2 Å². The number of hydrogen-bond acceptors (Lipinski definition) is 4. The minimum absolute atomic E-state index is 0. The van der Waals surface area contributed by atoms with Crippen molar-refractivity contribution in [1.29, 1.82) is 0 Å². The molecule has 0 spiro atoms. The maximum atomic E-state index is 11.7. The van der Waals surface area contributed by atoms with Gasteiger partial charge in [0.2, 0.25) is 5.72 Å². The highest BCUT2D eigenvalue weighted by Gasteiger charge is 2.34. The topological polar surface area (TPSA) is 61.5 Å². The Morgan fingerprint density at radius 1 is 1.12 bits per heavy atom. The summed E-state index contributed by atoms with van der Waals surface area (Å²) in [7, 11) is 2.70. The van der Waals surface area contributed by atoms with Crippen molar-refractivity contribution >= 4 is 30.0 Å². The summed E-state index contributed by atoms with van der Waals surface area (Å²) in [5.41, 5.74) is 7.71. The normalized spacial score (nSPS) is 12.8. The number of carbonyl (C=O) groups excluding carboxylic acids is 1. The Bertz CT molecular complexity index is 676. The third-order valence-corrected chi connectivity index (χ3v) is 4.03. The van der Waals surface area contributed by atoms with Crippen LogP contribution in [-0.2, 0) is 20.7 Å². The Hall–Kier alpha value is -1.59. The van der Waals surface area contributed by atoms with Gasteiger partial charge in [-0.15, -0.1) is 12.4 Å². The van der Waals surface area contributed by atoms with Crippen molar-refractivity contribution in [2.45, 2.75) is 18.6 Å². The average Bonchev–Trinajstić information content (AvgIpc) is 2.59. The molecule has 0 radical (unpaired) electrons. The van der Waals surface area contributed by atoms with Crippen LogP contribution in [0.4, 0.5) is 0 Å². The van der Waals surface area contributed by atoms with Gasteiger partial charge in [0.1, 0.15) is 0 Å². The molecule has 0 amide bonds. The van der Waals surface area contributed by atoms with E-state index < -0.39 is 11.7 Å². The van der Waals surface area contributed by atoms with Crippen molar-refractivity contribution < 1.29 is 14.3 Å². The molecule has 2 rings (SSSR count). The fourth-order valence-electron chi connectivity index (χ4n) is 2.32. The lowest BCUT2D eigenvalue weighted by Gasteiger charge is -2.24. The Morgan fingerprint density at radius 3 is 2.33 bits per heavy atom. The van der Waals surface area contributed by atoms with Crippen LogP contribution in [0, 0.1) is 0 Å². The van der Waals surface area contributed by atoms with Crippen molar-refractivity contribution in [3.8, 4) is 11.1 Å². The molecular formula is C18H21Cl2NO3. The molecule has 0 aliphatic carbocycles. The number of esters is 1. The Balaban J connectivity index is 0.00000288. The van der Waals surface area contributed by atoms with Gasteiger partial charge in [-0.1, -0.05) is 48.0 Å². The molecule has 2 aromatic carbocycles.